The van der Waals surface area contributed by atoms with Crippen LogP contribution in [-0.2, 0) is 4.79 Å². The largest absolute Gasteiger partial charge is 0.388 e. The topological polar surface area (TPSA) is 75.3 Å². The first kappa shape index (κ1) is 14.1. The third-order valence-electron chi connectivity index (χ3n) is 2.16. The zero-order valence-electron chi connectivity index (χ0n) is 9.50. The normalized spacial score (nSPS) is 13.2. The Kier molecular flexibility index (Phi) is 4.25. The van der Waals surface area contributed by atoms with Crippen LogP contribution in [0.25, 0.3) is 0 Å². The van der Waals surface area contributed by atoms with Crippen LogP contribution >= 0.6 is 23.2 Å². The second kappa shape index (κ2) is 5.12. The molecule has 0 saturated heterocycles. The molecule has 4 N–H and O–H groups in total. The Labute approximate surface area is 110 Å². The van der Waals surface area contributed by atoms with E-state index in [-0.39, 0.29) is 0 Å². The van der Waals surface area contributed by atoms with Crippen LogP contribution in [0.3, 0.4) is 0 Å². The smallest absolute Gasteiger partial charge is 0.242 e. The lowest BCUT2D eigenvalue weighted by Crippen LogP contribution is -2.50. The number of amides is 1. The average molecular weight is 277 g/mol. The van der Waals surface area contributed by atoms with Gasteiger partial charge in [0.25, 0.3) is 0 Å². The molecular formula is C11H14Cl2N2O2. The van der Waals surface area contributed by atoms with Crippen molar-refractivity contribution < 1.29 is 9.90 Å². The van der Waals surface area contributed by atoms with Crippen molar-refractivity contribution in [3.8, 4) is 0 Å². The fourth-order valence-corrected chi connectivity index (χ4v) is 1.93. The average Bonchev–Trinajstić information content (AvgIpc) is 2.10. The zero-order valence-corrected chi connectivity index (χ0v) is 11.0. The van der Waals surface area contributed by atoms with Gasteiger partial charge in [-0.1, -0.05) is 23.2 Å². The van der Waals surface area contributed by atoms with E-state index in [1.165, 1.54) is 13.8 Å². The van der Waals surface area contributed by atoms with Crippen molar-refractivity contribution in [3.05, 3.63) is 28.2 Å². The summed E-state index contributed by atoms with van der Waals surface area (Å²) in [5.74, 6) is -0.659. The molecular weight excluding hydrogens is 263 g/mol. The summed E-state index contributed by atoms with van der Waals surface area (Å²) >= 11 is 11.6. The monoisotopic (exact) mass is 276 g/mol. The Balaban J connectivity index is 2.98. The fourth-order valence-electron chi connectivity index (χ4n) is 1.40. The fraction of sp³-hybridized carbons (Fsp3) is 0.364. The second-order valence-corrected chi connectivity index (χ2v) is 5.16. The Morgan fingerprint density at radius 1 is 1.35 bits per heavy atom. The number of halogens is 2. The third-order valence-corrected chi connectivity index (χ3v) is 2.60. The van der Waals surface area contributed by atoms with Gasteiger partial charge in [0.2, 0.25) is 5.91 Å². The van der Waals surface area contributed by atoms with Gasteiger partial charge in [0, 0.05) is 15.7 Å². The molecule has 17 heavy (non-hydrogen) atoms. The maximum atomic E-state index is 11.3. The molecule has 0 heterocycles. The molecule has 1 atom stereocenters. The van der Waals surface area contributed by atoms with Crippen molar-refractivity contribution in [1.82, 2.24) is 0 Å². The Bertz CT molecular complexity index is 410. The van der Waals surface area contributed by atoms with Crippen molar-refractivity contribution in [2.75, 3.05) is 5.32 Å². The van der Waals surface area contributed by atoms with E-state index in [0.717, 1.165) is 0 Å². The van der Waals surface area contributed by atoms with Gasteiger partial charge in [-0.25, -0.2) is 0 Å². The molecule has 0 saturated carbocycles. The molecule has 4 nitrogen and oxygen atoms in total. The number of primary amides is 1. The van der Waals surface area contributed by atoms with E-state index >= 15 is 0 Å². The van der Waals surface area contributed by atoms with Gasteiger partial charge in [0.15, 0.2) is 0 Å². The van der Waals surface area contributed by atoms with Crippen molar-refractivity contribution in [2.24, 2.45) is 5.73 Å². The van der Waals surface area contributed by atoms with E-state index in [0.29, 0.717) is 15.7 Å². The summed E-state index contributed by atoms with van der Waals surface area (Å²) in [7, 11) is 0. The first-order chi connectivity index (χ1) is 7.70. The van der Waals surface area contributed by atoms with E-state index in [9.17, 15) is 9.90 Å². The van der Waals surface area contributed by atoms with E-state index in [1.807, 2.05) is 0 Å². The predicted molar refractivity (Wildman–Crippen MR) is 69.4 cm³/mol. The molecule has 0 fully saturated rings. The van der Waals surface area contributed by atoms with Crippen molar-refractivity contribution in [2.45, 2.75) is 25.5 Å². The molecule has 1 amide bonds. The molecule has 94 valence electrons. The zero-order chi connectivity index (χ0) is 13.2. The minimum atomic E-state index is -1.29. The molecule has 0 bridgehead atoms. The summed E-state index contributed by atoms with van der Waals surface area (Å²) in [5, 5.41) is 13.5. The molecule has 1 aromatic rings. The summed E-state index contributed by atoms with van der Waals surface area (Å²) in [6.45, 7) is 2.98. The maximum Gasteiger partial charge on any atom is 0.242 e. The minimum Gasteiger partial charge on any atom is -0.388 e. The SMILES string of the molecule is CC(C)(O)C(Nc1cc(Cl)cc(Cl)c1)C(N)=O. The Hall–Kier alpha value is -0.970. The van der Waals surface area contributed by atoms with Crippen LogP contribution in [0.1, 0.15) is 13.8 Å². The van der Waals surface area contributed by atoms with Crippen molar-refractivity contribution in [3.63, 3.8) is 0 Å². The molecule has 0 spiro atoms. The van der Waals surface area contributed by atoms with E-state index in [1.54, 1.807) is 18.2 Å². The summed E-state index contributed by atoms with van der Waals surface area (Å²) < 4.78 is 0. The minimum absolute atomic E-state index is 0.430. The number of anilines is 1. The summed E-state index contributed by atoms with van der Waals surface area (Å²) in [4.78, 5) is 11.3. The molecule has 0 aliphatic heterocycles. The number of nitrogens with one attached hydrogen (secondary N) is 1. The van der Waals surface area contributed by atoms with Crippen LogP contribution in [0.15, 0.2) is 18.2 Å². The first-order valence-electron chi connectivity index (χ1n) is 4.94. The number of hydrogen-bond donors (Lipinski definition) is 3. The lowest BCUT2D eigenvalue weighted by atomic mass is 9.98. The van der Waals surface area contributed by atoms with Crippen LogP contribution in [-0.4, -0.2) is 22.7 Å². The summed E-state index contributed by atoms with van der Waals surface area (Å²) in [5.41, 5.74) is 4.45. The molecule has 0 aromatic heterocycles. The van der Waals surface area contributed by atoms with Gasteiger partial charge in [0.1, 0.15) is 6.04 Å². The van der Waals surface area contributed by atoms with Gasteiger partial charge >= 0.3 is 0 Å². The third kappa shape index (κ3) is 4.07. The summed E-state index contributed by atoms with van der Waals surface area (Å²) in [6.07, 6.45) is 0. The number of nitrogens with two attached hydrogens (primary N) is 1. The maximum absolute atomic E-state index is 11.3. The van der Waals surface area contributed by atoms with Gasteiger partial charge in [-0.3, -0.25) is 4.79 Å². The molecule has 0 aliphatic carbocycles. The molecule has 6 heteroatoms. The molecule has 1 rings (SSSR count). The number of hydrogen-bond acceptors (Lipinski definition) is 3. The molecule has 0 aliphatic rings. The number of carbonyl (C=O) groups is 1. The Morgan fingerprint density at radius 3 is 2.18 bits per heavy atom. The van der Waals surface area contributed by atoms with Crippen LogP contribution in [0.5, 0.6) is 0 Å². The molecule has 1 aromatic carbocycles. The summed E-state index contributed by atoms with van der Waals surface area (Å²) in [6, 6.07) is 3.82. The number of aliphatic hydroxyl groups is 1. The number of benzene rings is 1. The van der Waals surface area contributed by atoms with Gasteiger partial charge < -0.3 is 16.2 Å². The number of rotatable bonds is 4. The number of carbonyl (C=O) groups excluding carboxylic acids is 1. The standard InChI is InChI=1S/C11H14Cl2N2O2/c1-11(2,17)9(10(14)16)15-8-4-6(12)3-7(13)5-8/h3-5,9,15,17H,1-2H3,(H2,14,16). The quantitative estimate of drug-likeness (QED) is 0.788. The second-order valence-electron chi connectivity index (χ2n) is 4.29. The first-order valence-corrected chi connectivity index (χ1v) is 5.70. The van der Waals surface area contributed by atoms with E-state index in [2.05, 4.69) is 5.32 Å². The van der Waals surface area contributed by atoms with E-state index < -0.39 is 17.6 Å². The lowest BCUT2D eigenvalue weighted by Gasteiger charge is -2.28. The predicted octanol–water partition coefficient (Wildman–Crippen LogP) is 2.03. The van der Waals surface area contributed by atoms with Gasteiger partial charge in [0.05, 0.1) is 5.60 Å². The highest BCUT2D eigenvalue weighted by molar-refractivity contribution is 6.35. The highest BCUT2D eigenvalue weighted by Crippen LogP contribution is 2.24. The van der Waals surface area contributed by atoms with Gasteiger partial charge in [-0.2, -0.15) is 0 Å². The molecule has 1 unspecified atom stereocenters. The van der Waals surface area contributed by atoms with Crippen LogP contribution in [0.4, 0.5) is 5.69 Å². The van der Waals surface area contributed by atoms with E-state index in [4.69, 9.17) is 28.9 Å². The highest BCUT2D eigenvalue weighted by Gasteiger charge is 2.31. The van der Waals surface area contributed by atoms with Crippen molar-refractivity contribution >= 4 is 34.8 Å². The highest BCUT2D eigenvalue weighted by atomic mass is 35.5. The van der Waals surface area contributed by atoms with Gasteiger partial charge in [-0.15, -0.1) is 0 Å². The Morgan fingerprint density at radius 2 is 1.82 bits per heavy atom. The van der Waals surface area contributed by atoms with Crippen LogP contribution in [0.2, 0.25) is 10.0 Å². The van der Waals surface area contributed by atoms with Gasteiger partial charge in [-0.05, 0) is 32.0 Å². The van der Waals surface area contributed by atoms with Crippen LogP contribution < -0.4 is 11.1 Å². The van der Waals surface area contributed by atoms with Crippen LogP contribution in [0, 0.1) is 0 Å². The molecule has 0 radical (unpaired) electrons. The lowest BCUT2D eigenvalue weighted by molar-refractivity contribution is -0.123. The van der Waals surface area contributed by atoms with Crippen molar-refractivity contribution in [1.29, 1.82) is 0 Å².